The standard InChI is InChI=1S/C4H12N4.H3O3P/c5-4-3-7-1-2-8(4)6;1-4(2)3/h4,7H,1-3,5-6H2;1-3H. The van der Waals surface area contributed by atoms with E-state index in [1.54, 1.807) is 5.01 Å². The van der Waals surface area contributed by atoms with Crippen molar-refractivity contribution in [1.29, 1.82) is 0 Å². The summed E-state index contributed by atoms with van der Waals surface area (Å²) in [5.74, 6) is 5.45. The Labute approximate surface area is 71.9 Å². The zero-order valence-corrected chi connectivity index (χ0v) is 7.48. The Bertz CT molecular complexity index is 104. The Morgan fingerprint density at radius 3 is 2.17 bits per heavy atom. The van der Waals surface area contributed by atoms with Gasteiger partial charge < -0.3 is 25.7 Å². The van der Waals surface area contributed by atoms with Crippen molar-refractivity contribution in [2.45, 2.75) is 6.17 Å². The van der Waals surface area contributed by atoms with E-state index in [4.69, 9.17) is 26.3 Å². The van der Waals surface area contributed by atoms with Crippen LogP contribution in [0.25, 0.3) is 0 Å². The van der Waals surface area contributed by atoms with Crippen molar-refractivity contribution >= 4 is 8.60 Å². The van der Waals surface area contributed by atoms with Crippen LogP contribution in [0.2, 0.25) is 0 Å². The molecule has 0 radical (unpaired) electrons. The van der Waals surface area contributed by atoms with Crippen molar-refractivity contribution in [3.05, 3.63) is 0 Å². The van der Waals surface area contributed by atoms with Gasteiger partial charge in [-0.2, -0.15) is 0 Å². The zero-order valence-electron chi connectivity index (χ0n) is 6.59. The Balaban J connectivity index is 0.000000261. The Morgan fingerprint density at radius 2 is 1.92 bits per heavy atom. The molecular formula is C4H15N4O3P. The summed E-state index contributed by atoms with van der Waals surface area (Å²) in [6.07, 6.45) is 0.00347. The second kappa shape index (κ2) is 6.64. The maximum atomic E-state index is 7.23. The van der Waals surface area contributed by atoms with Crippen LogP contribution in [0.4, 0.5) is 0 Å². The molecule has 1 atom stereocenters. The molecule has 8 N–H and O–H groups in total. The predicted molar refractivity (Wildman–Crippen MR) is 45.3 cm³/mol. The Morgan fingerprint density at radius 1 is 1.42 bits per heavy atom. The third-order valence-electron chi connectivity index (χ3n) is 1.33. The predicted octanol–water partition coefficient (Wildman–Crippen LogP) is -2.76. The van der Waals surface area contributed by atoms with Crippen LogP contribution in [0.1, 0.15) is 0 Å². The number of hydrogen-bond donors (Lipinski definition) is 6. The molecule has 8 heteroatoms. The number of hydrazine groups is 1. The number of rotatable bonds is 0. The van der Waals surface area contributed by atoms with Crippen LogP contribution >= 0.6 is 8.60 Å². The van der Waals surface area contributed by atoms with E-state index in [9.17, 15) is 0 Å². The van der Waals surface area contributed by atoms with Crippen molar-refractivity contribution < 1.29 is 14.7 Å². The molecule has 0 bridgehead atoms. The van der Waals surface area contributed by atoms with Gasteiger partial charge in [0, 0.05) is 19.6 Å². The Kier molecular flexibility index (Phi) is 6.73. The van der Waals surface area contributed by atoms with Gasteiger partial charge in [0.1, 0.15) is 0 Å². The van der Waals surface area contributed by atoms with Crippen molar-refractivity contribution in [2.24, 2.45) is 11.6 Å². The molecule has 1 saturated heterocycles. The third kappa shape index (κ3) is 6.84. The van der Waals surface area contributed by atoms with Gasteiger partial charge in [-0.05, 0) is 0 Å². The van der Waals surface area contributed by atoms with Crippen LogP contribution in [0.3, 0.4) is 0 Å². The highest BCUT2D eigenvalue weighted by molar-refractivity contribution is 7.38. The monoisotopic (exact) mass is 198 g/mol. The van der Waals surface area contributed by atoms with Gasteiger partial charge in [-0.3, -0.25) is 5.84 Å². The minimum atomic E-state index is -2.62. The van der Waals surface area contributed by atoms with Crippen molar-refractivity contribution in [2.75, 3.05) is 19.6 Å². The number of hydrogen-bond acceptors (Lipinski definition) is 7. The lowest BCUT2D eigenvalue weighted by molar-refractivity contribution is 0.168. The SMILES string of the molecule is NC1CNCCN1N.OP(O)O. The van der Waals surface area contributed by atoms with Gasteiger partial charge in [0.25, 0.3) is 0 Å². The molecule has 1 fully saturated rings. The molecule has 0 aliphatic carbocycles. The van der Waals surface area contributed by atoms with E-state index in [1.807, 2.05) is 0 Å². The molecule has 0 spiro atoms. The maximum absolute atomic E-state index is 7.23. The highest BCUT2D eigenvalue weighted by atomic mass is 31.2. The van der Waals surface area contributed by atoms with Crippen LogP contribution in [0, 0.1) is 0 Å². The molecule has 7 nitrogen and oxygen atoms in total. The molecule has 0 aromatic rings. The van der Waals surface area contributed by atoms with E-state index < -0.39 is 8.60 Å². The van der Waals surface area contributed by atoms with Crippen LogP contribution in [0.15, 0.2) is 0 Å². The summed E-state index contributed by atoms with van der Waals surface area (Å²) in [5.41, 5.74) is 5.52. The molecule has 0 amide bonds. The summed E-state index contributed by atoms with van der Waals surface area (Å²) in [6, 6.07) is 0. The van der Waals surface area contributed by atoms with Gasteiger partial charge in [-0.15, -0.1) is 0 Å². The number of nitrogens with one attached hydrogen (secondary N) is 1. The molecule has 0 aromatic heterocycles. The summed E-state index contributed by atoms with van der Waals surface area (Å²) in [4.78, 5) is 21.7. The average molecular weight is 198 g/mol. The van der Waals surface area contributed by atoms with Gasteiger partial charge in [-0.1, -0.05) is 0 Å². The van der Waals surface area contributed by atoms with Crippen molar-refractivity contribution in [3.63, 3.8) is 0 Å². The molecule has 1 aliphatic heterocycles. The molecule has 74 valence electrons. The maximum Gasteiger partial charge on any atom is 0.324 e. The van der Waals surface area contributed by atoms with Gasteiger partial charge in [0.15, 0.2) is 0 Å². The lowest BCUT2D eigenvalue weighted by Crippen LogP contribution is -2.58. The van der Waals surface area contributed by atoms with Crippen molar-refractivity contribution in [1.82, 2.24) is 10.3 Å². The van der Waals surface area contributed by atoms with Gasteiger partial charge >= 0.3 is 8.60 Å². The molecule has 0 aromatic carbocycles. The largest absolute Gasteiger partial charge is 0.328 e. The van der Waals surface area contributed by atoms with E-state index >= 15 is 0 Å². The fourth-order valence-electron chi connectivity index (χ4n) is 0.741. The highest BCUT2D eigenvalue weighted by Crippen LogP contribution is 2.11. The first-order valence-corrected chi connectivity index (χ1v) is 4.58. The first kappa shape index (κ1) is 12.2. The normalized spacial score (nSPS) is 25.0. The summed E-state index contributed by atoms with van der Waals surface area (Å²) >= 11 is 0. The van der Waals surface area contributed by atoms with Crippen molar-refractivity contribution in [3.8, 4) is 0 Å². The van der Waals surface area contributed by atoms with E-state index in [0.29, 0.717) is 0 Å². The van der Waals surface area contributed by atoms with Crippen LogP contribution in [-0.4, -0.2) is 45.5 Å². The van der Waals surface area contributed by atoms with E-state index in [0.717, 1.165) is 19.6 Å². The fraction of sp³-hybridized carbons (Fsp3) is 1.00. The summed E-state index contributed by atoms with van der Waals surface area (Å²) < 4.78 is 0. The van der Waals surface area contributed by atoms with Gasteiger partial charge in [-0.25, -0.2) is 5.01 Å². The average Bonchev–Trinajstić information content (AvgIpc) is 1.94. The number of nitrogens with zero attached hydrogens (tertiary/aromatic N) is 1. The summed E-state index contributed by atoms with van der Waals surface area (Å²) in [7, 11) is -2.62. The first-order chi connectivity index (χ1) is 5.54. The van der Waals surface area contributed by atoms with Crippen LogP contribution < -0.4 is 16.9 Å². The smallest absolute Gasteiger partial charge is 0.324 e. The third-order valence-corrected chi connectivity index (χ3v) is 1.33. The number of piperazine rings is 1. The van der Waals surface area contributed by atoms with E-state index in [1.165, 1.54) is 0 Å². The summed E-state index contributed by atoms with van der Waals surface area (Å²) in [6.45, 7) is 2.60. The lowest BCUT2D eigenvalue weighted by atomic mass is 10.4. The molecule has 1 heterocycles. The topological polar surface area (TPSA) is 128 Å². The van der Waals surface area contributed by atoms with Crippen LogP contribution in [0.5, 0.6) is 0 Å². The minimum Gasteiger partial charge on any atom is -0.328 e. The quantitative estimate of drug-likeness (QED) is 0.184. The second-order valence-corrected chi connectivity index (χ2v) is 2.81. The molecular weight excluding hydrogens is 183 g/mol. The molecule has 1 rings (SSSR count). The summed E-state index contributed by atoms with van der Waals surface area (Å²) in [5, 5.41) is 4.77. The highest BCUT2D eigenvalue weighted by Gasteiger charge is 2.12. The molecule has 12 heavy (non-hydrogen) atoms. The molecule has 0 saturated carbocycles. The lowest BCUT2D eigenvalue weighted by Gasteiger charge is -2.28. The van der Waals surface area contributed by atoms with Gasteiger partial charge in [0.05, 0.1) is 6.17 Å². The number of nitrogens with two attached hydrogens (primary N) is 2. The zero-order chi connectivity index (χ0) is 9.56. The van der Waals surface area contributed by atoms with E-state index in [2.05, 4.69) is 5.32 Å². The van der Waals surface area contributed by atoms with E-state index in [-0.39, 0.29) is 6.17 Å². The molecule has 1 aliphatic rings. The fourth-order valence-corrected chi connectivity index (χ4v) is 0.741. The van der Waals surface area contributed by atoms with Crippen LogP contribution in [-0.2, 0) is 0 Å². The minimum absolute atomic E-state index is 0.00347. The first-order valence-electron chi connectivity index (χ1n) is 3.38. The molecule has 1 unspecified atom stereocenters. The van der Waals surface area contributed by atoms with Gasteiger partial charge in [0.2, 0.25) is 0 Å². The second-order valence-electron chi connectivity index (χ2n) is 2.28. The Hall–Kier alpha value is 0.150.